The van der Waals surface area contributed by atoms with Crippen molar-refractivity contribution in [2.24, 2.45) is 0 Å². The second kappa shape index (κ2) is 2.03. The standard InChI is InChI=1S/C6H14BP/c1-5(2,7)6(3,4)8/h8H2,1-4H3. The van der Waals surface area contributed by atoms with Gasteiger partial charge < -0.3 is 0 Å². The first-order valence-electron chi connectivity index (χ1n) is 2.83. The topological polar surface area (TPSA) is 0 Å². The molecular weight excluding hydrogens is 114 g/mol. The predicted molar refractivity (Wildman–Crippen MR) is 43.6 cm³/mol. The number of hydrogen-bond donors (Lipinski definition) is 0. The van der Waals surface area contributed by atoms with Crippen molar-refractivity contribution in [1.82, 2.24) is 0 Å². The quantitative estimate of drug-likeness (QED) is 0.374. The Morgan fingerprint density at radius 3 is 1.25 bits per heavy atom. The Bertz CT molecular complexity index is 63.5. The molecule has 0 aromatic heterocycles. The van der Waals surface area contributed by atoms with Crippen LogP contribution in [0, 0.1) is 0 Å². The summed E-state index contributed by atoms with van der Waals surface area (Å²) < 4.78 is 0. The fraction of sp³-hybridized carbons (Fsp3) is 1.00. The van der Waals surface area contributed by atoms with E-state index in [4.69, 9.17) is 7.85 Å². The van der Waals surface area contributed by atoms with Gasteiger partial charge in [-0.2, -0.15) is 0 Å². The Kier molecular flexibility index (Phi) is 2.15. The van der Waals surface area contributed by atoms with E-state index in [1.165, 1.54) is 0 Å². The molecule has 1 unspecified atom stereocenters. The van der Waals surface area contributed by atoms with Crippen molar-refractivity contribution >= 4 is 17.1 Å². The number of hydrogen-bond acceptors (Lipinski definition) is 0. The fourth-order valence-electron chi connectivity index (χ4n) is 0. The van der Waals surface area contributed by atoms with Crippen LogP contribution >= 0.6 is 9.24 Å². The molecule has 0 spiro atoms. The van der Waals surface area contributed by atoms with E-state index in [1.807, 2.05) is 13.8 Å². The van der Waals surface area contributed by atoms with Crippen molar-refractivity contribution in [2.45, 2.75) is 38.2 Å². The first kappa shape index (κ1) is 8.49. The van der Waals surface area contributed by atoms with Gasteiger partial charge in [0.05, 0.1) is 7.85 Å². The van der Waals surface area contributed by atoms with Crippen LogP contribution in [-0.4, -0.2) is 13.0 Å². The van der Waals surface area contributed by atoms with Gasteiger partial charge in [0, 0.05) is 0 Å². The highest BCUT2D eigenvalue weighted by molar-refractivity contribution is 7.19. The molecular formula is C6H14BP. The Morgan fingerprint density at radius 1 is 1.12 bits per heavy atom. The van der Waals surface area contributed by atoms with E-state index in [1.54, 1.807) is 0 Å². The second-order valence-electron chi connectivity index (χ2n) is 3.44. The third-order valence-corrected chi connectivity index (χ3v) is 2.40. The maximum absolute atomic E-state index is 5.79. The maximum Gasteiger partial charge on any atom is 0.0750 e. The molecule has 0 saturated carbocycles. The molecule has 0 fully saturated rings. The molecule has 46 valence electrons. The lowest BCUT2D eigenvalue weighted by atomic mass is 9.64. The average Bonchev–Trinajstić information content (AvgIpc) is 1.25. The number of rotatable bonds is 1. The molecule has 0 aliphatic carbocycles. The van der Waals surface area contributed by atoms with Crippen LogP contribution in [0.4, 0.5) is 0 Å². The Morgan fingerprint density at radius 2 is 1.25 bits per heavy atom. The fourth-order valence-corrected chi connectivity index (χ4v) is 0. The molecule has 0 bridgehead atoms. The first-order chi connectivity index (χ1) is 3.25. The molecule has 0 heterocycles. The van der Waals surface area contributed by atoms with E-state index in [0.29, 0.717) is 0 Å². The molecule has 0 aromatic rings. The van der Waals surface area contributed by atoms with Gasteiger partial charge in [-0.15, -0.1) is 9.24 Å². The van der Waals surface area contributed by atoms with Crippen LogP contribution in [0.1, 0.15) is 27.7 Å². The molecule has 2 radical (unpaired) electrons. The monoisotopic (exact) mass is 128 g/mol. The average molecular weight is 128 g/mol. The van der Waals surface area contributed by atoms with Crippen molar-refractivity contribution in [1.29, 1.82) is 0 Å². The summed E-state index contributed by atoms with van der Waals surface area (Å²) in [5.41, 5.74) is 0. The lowest BCUT2D eigenvalue weighted by Crippen LogP contribution is -2.26. The molecule has 8 heavy (non-hydrogen) atoms. The highest BCUT2D eigenvalue weighted by Crippen LogP contribution is 2.40. The summed E-state index contributed by atoms with van der Waals surface area (Å²) in [6.45, 7) is 8.27. The minimum atomic E-state index is -0.0995. The van der Waals surface area contributed by atoms with Gasteiger partial charge >= 0.3 is 0 Å². The molecule has 0 aromatic carbocycles. The normalized spacial score (nSPS) is 14.1. The molecule has 0 saturated heterocycles. The summed E-state index contributed by atoms with van der Waals surface area (Å²) in [6, 6.07) is 0. The summed E-state index contributed by atoms with van der Waals surface area (Å²) >= 11 is 0. The zero-order chi connectivity index (χ0) is 7.00. The smallest absolute Gasteiger partial charge is 0.0750 e. The van der Waals surface area contributed by atoms with Gasteiger partial charge in [0.25, 0.3) is 0 Å². The van der Waals surface area contributed by atoms with E-state index >= 15 is 0 Å². The van der Waals surface area contributed by atoms with Gasteiger partial charge in [0.15, 0.2) is 0 Å². The van der Waals surface area contributed by atoms with E-state index in [2.05, 4.69) is 23.1 Å². The lowest BCUT2D eigenvalue weighted by molar-refractivity contribution is 0.527. The highest BCUT2D eigenvalue weighted by Gasteiger charge is 2.26. The van der Waals surface area contributed by atoms with Crippen molar-refractivity contribution < 1.29 is 0 Å². The predicted octanol–water partition coefficient (Wildman–Crippen LogP) is 2.01. The third-order valence-electron chi connectivity index (χ3n) is 1.66. The van der Waals surface area contributed by atoms with Crippen molar-refractivity contribution in [3.8, 4) is 0 Å². The molecule has 0 rings (SSSR count). The van der Waals surface area contributed by atoms with Crippen molar-refractivity contribution in [3.05, 3.63) is 0 Å². The maximum atomic E-state index is 5.79. The minimum Gasteiger partial charge on any atom is -0.132 e. The van der Waals surface area contributed by atoms with Gasteiger partial charge in [-0.25, -0.2) is 0 Å². The largest absolute Gasteiger partial charge is 0.132 e. The minimum absolute atomic E-state index is 0.0995. The highest BCUT2D eigenvalue weighted by atomic mass is 31.0. The van der Waals surface area contributed by atoms with Crippen LogP contribution in [0.3, 0.4) is 0 Å². The molecule has 0 aliphatic heterocycles. The van der Waals surface area contributed by atoms with Gasteiger partial charge in [0.1, 0.15) is 0 Å². The van der Waals surface area contributed by atoms with Gasteiger partial charge in [0.2, 0.25) is 0 Å². The molecule has 0 N–H and O–H groups in total. The van der Waals surface area contributed by atoms with Gasteiger partial charge in [-0.05, 0) is 5.16 Å². The summed E-state index contributed by atoms with van der Waals surface area (Å²) in [5.74, 6) is 0. The molecule has 0 nitrogen and oxygen atoms in total. The van der Waals surface area contributed by atoms with Crippen LogP contribution in [0.15, 0.2) is 0 Å². The van der Waals surface area contributed by atoms with E-state index in [0.717, 1.165) is 0 Å². The summed E-state index contributed by atoms with van der Waals surface area (Å²) in [6.07, 6.45) is 0. The van der Waals surface area contributed by atoms with Gasteiger partial charge in [-0.3, -0.25) is 0 Å². The van der Waals surface area contributed by atoms with E-state index in [9.17, 15) is 0 Å². The second-order valence-corrected chi connectivity index (χ2v) is 4.89. The van der Waals surface area contributed by atoms with Crippen LogP contribution in [0.5, 0.6) is 0 Å². The van der Waals surface area contributed by atoms with Crippen LogP contribution in [-0.2, 0) is 0 Å². The van der Waals surface area contributed by atoms with Crippen LogP contribution < -0.4 is 0 Å². The van der Waals surface area contributed by atoms with Crippen molar-refractivity contribution in [2.75, 3.05) is 0 Å². The van der Waals surface area contributed by atoms with E-state index < -0.39 is 0 Å². The van der Waals surface area contributed by atoms with Crippen molar-refractivity contribution in [3.63, 3.8) is 0 Å². The molecule has 0 amide bonds. The zero-order valence-corrected chi connectivity index (χ0v) is 7.31. The Hall–Kier alpha value is 0.495. The van der Waals surface area contributed by atoms with Crippen LogP contribution in [0.25, 0.3) is 0 Å². The summed E-state index contributed by atoms with van der Waals surface area (Å²) in [5, 5.41) is 0.0324. The molecule has 2 heteroatoms. The van der Waals surface area contributed by atoms with Gasteiger partial charge in [-0.1, -0.05) is 33.0 Å². The zero-order valence-electron chi connectivity index (χ0n) is 6.15. The summed E-state index contributed by atoms with van der Waals surface area (Å²) in [4.78, 5) is 0. The Labute approximate surface area is 56.0 Å². The molecule has 0 aliphatic rings. The third kappa shape index (κ3) is 2.18. The molecule has 1 atom stereocenters. The lowest BCUT2D eigenvalue weighted by Gasteiger charge is -2.35. The first-order valence-corrected chi connectivity index (χ1v) is 3.40. The SMILES string of the molecule is [B]C(C)(C)C(C)(C)P. The Balaban J connectivity index is 4.02. The van der Waals surface area contributed by atoms with E-state index in [-0.39, 0.29) is 10.5 Å². The summed E-state index contributed by atoms with van der Waals surface area (Å²) in [7, 11) is 8.53. The van der Waals surface area contributed by atoms with Crippen LogP contribution in [0.2, 0.25) is 5.31 Å².